The van der Waals surface area contributed by atoms with Crippen LogP contribution < -0.4 is 4.90 Å². The Morgan fingerprint density at radius 2 is 2.15 bits per heavy atom. The smallest absolute Gasteiger partial charge is 0.156 e. The zero-order chi connectivity index (χ0) is 9.10. The normalized spacial score (nSPS) is 16.5. The van der Waals surface area contributed by atoms with Gasteiger partial charge in [0.25, 0.3) is 0 Å². The van der Waals surface area contributed by atoms with Crippen LogP contribution in [0.3, 0.4) is 0 Å². The quantitative estimate of drug-likeness (QED) is 0.721. The Bertz CT molecular complexity index is 284. The van der Waals surface area contributed by atoms with Crippen molar-refractivity contribution in [1.29, 1.82) is 0 Å². The van der Waals surface area contributed by atoms with Crippen LogP contribution >= 0.6 is 0 Å². The number of nitrogens with zero attached hydrogens (tertiary/aromatic N) is 3. The number of aliphatic hydroxyl groups excluding tert-OH is 1. The van der Waals surface area contributed by atoms with Crippen molar-refractivity contribution in [2.75, 3.05) is 18.0 Å². The van der Waals surface area contributed by atoms with Crippen molar-refractivity contribution in [2.45, 2.75) is 19.4 Å². The molecule has 0 radical (unpaired) electrons. The Morgan fingerprint density at radius 1 is 1.38 bits per heavy atom. The first-order chi connectivity index (χ1) is 6.40. The third-order valence-corrected chi connectivity index (χ3v) is 2.26. The van der Waals surface area contributed by atoms with Crippen LogP contribution in [0, 0.1) is 0 Å². The molecule has 1 N–H and O–H groups in total. The zero-order valence-electron chi connectivity index (χ0n) is 7.48. The number of aliphatic hydroxyl groups is 1. The van der Waals surface area contributed by atoms with E-state index in [-0.39, 0.29) is 6.61 Å². The highest BCUT2D eigenvalue weighted by Crippen LogP contribution is 2.16. The molecule has 0 atom stereocenters. The molecule has 0 unspecified atom stereocenters. The van der Waals surface area contributed by atoms with Crippen molar-refractivity contribution in [3.05, 3.63) is 18.1 Å². The molecule has 1 aromatic heterocycles. The third kappa shape index (κ3) is 1.78. The third-order valence-electron chi connectivity index (χ3n) is 2.26. The van der Waals surface area contributed by atoms with E-state index in [0.29, 0.717) is 5.82 Å². The van der Waals surface area contributed by atoms with E-state index < -0.39 is 0 Å². The van der Waals surface area contributed by atoms with Crippen LogP contribution in [-0.4, -0.2) is 28.2 Å². The summed E-state index contributed by atoms with van der Waals surface area (Å²) in [4.78, 5) is 10.4. The average Bonchev–Trinajstić information content (AvgIpc) is 2.71. The highest BCUT2D eigenvalue weighted by Gasteiger charge is 2.13. The van der Waals surface area contributed by atoms with Gasteiger partial charge in [0.05, 0.1) is 0 Å². The lowest BCUT2D eigenvalue weighted by atomic mass is 10.4. The molecule has 0 amide bonds. The predicted molar refractivity (Wildman–Crippen MR) is 49.4 cm³/mol. The molecule has 1 fully saturated rings. The first-order valence-corrected chi connectivity index (χ1v) is 4.58. The molecule has 0 aliphatic carbocycles. The molecule has 4 heteroatoms. The monoisotopic (exact) mass is 179 g/mol. The number of aromatic nitrogens is 2. The van der Waals surface area contributed by atoms with E-state index in [4.69, 9.17) is 5.11 Å². The van der Waals surface area contributed by atoms with Crippen molar-refractivity contribution < 1.29 is 5.11 Å². The van der Waals surface area contributed by atoms with Gasteiger partial charge < -0.3 is 10.0 Å². The average molecular weight is 179 g/mol. The van der Waals surface area contributed by atoms with E-state index in [1.807, 2.05) is 6.07 Å². The molecule has 1 aliphatic rings. The van der Waals surface area contributed by atoms with E-state index in [2.05, 4.69) is 14.9 Å². The first kappa shape index (κ1) is 8.44. The molecular weight excluding hydrogens is 166 g/mol. The minimum Gasteiger partial charge on any atom is -0.388 e. The Hall–Kier alpha value is -1.16. The van der Waals surface area contributed by atoms with Gasteiger partial charge in [0.15, 0.2) is 5.82 Å². The second-order valence-electron chi connectivity index (χ2n) is 3.18. The van der Waals surface area contributed by atoms with Gasteiger partial charge in [-0.3, -0.25) is 0 Å². The highest BCUT2D eigenvalue weighted by atomic mass is 16.3. The van der Waals surface area contributed by atoms with Crippen LogP contribution in [0.15, 0.2) is 12.3 Å². The van der Waals surface area contributed by atoms with E-state index >= 15 is 0 Å². The Balaban J connectivity index is 2.18. The van der Waals surface area contributed by atoms with Gasteiger partial charge in [0.1, 0.15) is 12.4 Å². The molecule has 2 heterocycles. The Morgan fingerprint density at radius 3 is 2.85 bits per heavy atom. The van der Waals surface area contributed by atoms with Gasteiger partial charge in [-0.2, -0.15) is 0 Å². The molecule has 0 saturated carbocycles. The largest absolute Gasteiger partial charge is 0.388 e. The second-order valence-corrected chi connectivity index (χ2v) is 3.18. The maximum absolute atomic E-state index is 8.86. The molecule has 70 valence electrons. The highest BCUT2D eigenvalue weighted by molar-refractivity contribution is 5.38. The minimum absolute atomic E-state index is 0.0817. The van der Waals surface area contributed by atoms with Crippen molar-refractivity contribution in [3.8, 4) is 0 Å². The lowest BCUT2D eigenvalue weighted by Gasteiger charge is -2.15. The summed E-state index contributed by atoms with van der Waals surface area (Å²) in [6.45, 7) is 2.06. The van der Waals surface area contributed by atoms with Gasteiger partial charge in [-0.25, -0.2) is 9.97 Å². The molecule has 0 bridgehead atoms. The summed E-state index contributed by atoms with van der Waals surface area (Å²) in [6.07, 6.45) is 4.17. The summed E-state index contributed by atoms with van der Waals surface area (Å²) in [6, 6.07) is 1.89. The van der Waals surface area contributed by atoms with E-state index in [1.54, 1.807) is 6.20 Å². The lowest BCUT2D eigenvalue weighted by Crippen LogP contribution is -2.19. The molecule has 2 rings (SSSR count). The van der Waals surface area contributed by atoms with Crippen molar-refractivity contribution in [1.82, 2.24) is 9.97 Å². The predicted octanol–water partition coefficient (Wildman–Crippen LogP) is 0.569. The number of hydrogen-bond donors (Lipinski definition) is 1. The standard InChI is InChI=1S/C9H13N3O/c13-7-8-10-4-3-9(11-8)12-5-1-2-6-12/h3-4,13H,1-2,5-7H2. The minimum atomic E-state index is -0.0817. The van der Waals surface area contributed by atoms with Gasteiger partial charge >= 0.3 is 0 Å². The van der Waals surface area contributed by atoms with Crippen LogP contribution in [0.2, 0.25) is 0 Å². The summed E-state index contributed by atoms with van der Waals surface area (Å²) in [5, 5.41) is 8.86. The molecular formula is C9H13N3O. The maximum atomic E-state index is 8.86. The number of hydrogen-bond acceptors (Lipinski definition) is 4. The fraction of sp³-hybridized carbons (Fsp3) is 0.556. The van der Waals surface area contributed by atoms with Crippen LogP contribution in [0.1, 0.15) is 18.7 Å². The fourth-order valence-electron chi connectivity index (χ4n) is 1.59. The van der Waals surface area contributed by atoms with Gasteiger partial charge in [-0.15, -0.1) is 0 Å². The lowest BCUT2D eigenvalue weighted by molar-refractivity contribution is 0.271. The molecule has 0 spiro atoms. The van der Waals surface area contributed by atoms with E-state index in [9.17, 15) is 0 Å². The zero-order valence-corrected chi connectivity index (χ0v) is 7.48. The summed E-state index contributed by atoms with van der Waals surface area (Å²) >= 11 is 0. The molecule has 1 saturated heterocycles. The van der Waals surface area contributed by atoms with Crippen molar-refractivity contribution >= 4 is 5.82 Å². The van der Waals surface area contributed by atoms with Crippen molar-refractivity contribution in [3.63, 3.8) is 0 Å². The topological polar surface area (TPSA) is 49.3 Å². The van der Waals surface area contributed by atoms with Crippen LogP contribution in [0.4, 0.5) is 5.82 Å². The maximum Gasteiger partial charge on any atom is 0.156 e. The first-order valence-electron chi connectivity index (χ1n) is 4.58. The SMILES string of the molecule is OCc1nccc(N2CCCC2)n1. The Labute approximate surface area is 77.2 Å². The molecule has 4 nitrogen and oxygen atoms in total. The van der Waals surface area contributed by atoms with Gasteiger partial charge in [-0.1, -0.05) is 0 Å². The summed E-state index contributed by atoms with van der Waals surface area (Å²) in [7, 11) is 0. The molecule has 0 aromatic carbocycles. The summed E-state index contributed by atoms with van der Waals surface area (Å²) in [5.41, 5.74) is 0. The molecule has 1 aliphatic heterocycles. The van der Waals surface area contributed by atoms with Crippen LogP contribution in [-0.2, 0) is 6.61 Å². The van der Waals surface area contributed by atoms with Crippen LogP contribution in [0.25, 0.3) is 0 Å². The Kier molecular flexibility index (Phi) is 2.40. The number of anilines is 1. The van der Waals surface area contributed by atoms with Crippen molar-refractivity contribution in [2.24, 2.45) is 0 Å². The van der Waals surface area contributed by atoms with E-state index in [1.165, 1.54) is 12.8 Å². The summed E-state index contributed by atoms with van der Waals surface area (Å²) in [5.74, 6) is 1.45. The van der Waals surface area contributed by atoms with Crippen LogP contribution in [0.5, 0.6) is 0 Å². The fourth-order valence-corrected chi connectivity index (χ4v) is 1.59. The van der Waals surface area contributed by atoms with E-state index in [0.717, 1.165) is 18.9 Å². The molecule has 13 heavy (non-hydrogen) atoms. The van der Waals surface area contributed by atoms with Gasteiger partial charge in [-0.05, 0) is 18.9 Å². The number of rotatable bonds is 2. The second kappa shape index (κ2) is 3.70. The van der Waals surface area contributed by atoms with Gasteiger partial charge in [0.2, 0.25) is 0 Å². The summed E-state index contributed by atoms with van der Waals surface area (Å²) < 4.78 is 0. The molecule has 1 aromatic rings. The van der Waals surface area contributed by atoms with Gasteiger partial charge in [0, 0.05) is 19.3 Å².